The fourth-order valence-corrected chi connectivity index (χ4v) is 3.34. The molecule has 4 N–H and O–H groups in total. The predicted octanol–water partition coefficient (Wildman–Crippen LogP) is 2.39. The van der Waals surface area contributed by atoms with Gasteiger partial charge in [-0.25, -0.2) is 0 Å². The minimum Gasteiger partial charge on any atom is -0.427 e. The molecule has 1 aliphatic heterocycles. The van der Waals surface area contributed by atoms with Crippen LogP contribution in [0.4, 0.5) is 0 Å². The Kier molecular flexibility index (Phi) is 8.87. The Labute approximate surface area is 131 Å². The number of hydrogen-bond acceptors (Lipinski definition) is 4. The van der Waals surface area contributed by atoms with Gasteiger partial charge in [0.15, 0.2) is 0 Å². The second-order valence-corrected chi connectivity index (χ2v) is 7.10. The Morgan fingerprint density at radius 1 is 1.24 bits per heavy atom. The molecule has 5 heteroatoms. The largest absolute Gasteiger partial charge is 0.451 e. The summed E-state index contributed by atoms with van der Waals surface area (Å²) in [5.41, 5.74) is 6.28. The van der Waals surface area contributed by atoms with Crippen LogP contribution in [-0.2, 0) is 0 Å². The molecule has 0 aromatic heterocycles. The Balaban J connectivity index is 2.21. The van der Waals surface area contributed by atoms with E-state index in [1.807, 2.05) is 0 Å². The lowest BCUT2D eigenvalue weighted by Crippen LogP contribution is -2.41. The van der Waals surface area contributed by atoms with Gasteiger partial charge >= 0.3 is 7.12 Å². The molecule has 1 saturated heterocycles. The van der Waals surface area contributed by atoms with E-state index in [0.717, 1.165) is 38.3 Å². The maximum atomic E-state index is 8.85. The third-order valence-corrected chi connectivity index (χ3v) is 4.82. The Bertz CT molecular complexity index is 275. The Morgan fingerprint density at radius 3 is 2.67 bits per heavy atom. The first kappa shape index (κ1) is 19.0. The lowest BCUT2D eigenvalue weighted by Gasteiger charge is -2.30. The molecule has 1 aliphatic rings. The van der Waals surface area contributed by atoms with E-state index in [9.17, 15) is 0 Å². The molecule has 2 unspecified atom stereocenters. The molecule has 1 rings (SSSR count). The predicted molar refractivity (Wildman–Crippen MR) is 90.2 cm³/mol. The minimum absolute atomic E-state index is 0.127. The van der Waals surface area contributed by atoms with E-state index < -0.39 is 7.12 Å². The molecule has 1 fully saturated rings. The van der Waals surface area contributed by atoms with Crippen molar-refractivity contribution in [3.05, 3.63) is 0 Å². The van der Waals surface area contributed by atoms with Gasteiger partial charge in [-0.05, 0) is 51.9 Å². The van der Waals surface area contributed by atoms with Crippen molar-refractivity contribution in [2.75, 3.05) is 13.1 Å². The van der Waals surface area contributed by atoms with Crippen molar-refractivity contribution in [1.82, 2.24) is 4.90 Å². The van der Waals surface area contributed by atoms with Crippen LogP contribution in [0.25, 0.3) is 0 Å². The van der Waals surface area contributed by atoms with Crippen LogP contribution in [0.3, 0.4) is 0 Å². The number of nitrogens with zero attached hydrogens (tertiary/aromatic N) is 1. The summed E-state index contributed by atoms with van der Waals surface area (Å²) in [6.45, 7) is 6.75. The van der Waals surface area contributed by atoms with Crippen LogP contribution in [-0.4, -0.2) is 46.7 Å². The molecule has 2 atom stereocenters. The van der Waals surface area contributed by atoms with Crippen molar-refractivity contribution in [2.45, 2.75) is 89.5 Å². The summed E-state index contributed by atoms with van der Waals surface area (Å²) in [4.78, 5) is 2.64. The number of hydrogen-bond donors (Lipinski definition) is 3. The van der Waals surface area contributed by atoms with E-state index in [4.69, 9.17) is 15.8 Å². The van der Waals surface area contributed by atoms with Crippen molar-refractivity contribution >= 4 is 7.12 Å². The van der Waals surface area contributed by atoms with E-state index in [-0.39, 0.29) is 5.54 Å². The summed E-state index contributed by atoms with van der Waals surface area (Å²) in [6, 6.07) is 0.783. The van der Waals surface area contributed by atoms with Crippen molar-refractivity contribution in [3.8, 4) is 0 Å². The maximum Gasteiger partial charge on any atom is 0.451 e. The van der Waals surface area contributed by atoms with Crippen LogP contribution in [0.2, 0.25) is 6.32 Å². The smallest absolute Gasteiger partial charge is 0.427 e. The highest BCUT2D eigenvalue weighted by Gasteiger charge is 2.26. The van der Waals surface area contributed by atoms with E-state index in [2.05, 4.69) is 18.7 Å². The number of rotatable bonds is 11. The fraction of sp³-hybridized carbons (Fsp3) is 1.00. The van der Waals surface area contributed by atoms with Crippen molar-refractivity contribution in [3.63, 3.8) is 0 Å². The standard InChI is InChI=1S/C16H35BN2O2/c1-3-4-8-15-9-7-13-19(15)14-11-16(2,18)10-5-6-12-17(20)21/h15,20-21H,3-14,18H2,1-2H3. The lowest BCUT2D eigenvalue weighted by molar-refractivity contribution is 0.212. The Morgan fingerprint density at radius 2 is 2.00 bits per heavy atom. The van der Waals surface area contributed by atoms with E-state index in [0.29, 0.717) is 6.32 Å². The molecule has 0 bridgehead atoms. The highest BCUT2D eigenvalue weighted by atomic mass is 16.4. The molecule has 0 spiro atoms. The van der Waals surface area contributed by atoms with Gasteiger partial charge in [-0.15, -0.1) is 0 Å². The van der Waals surface area contributed by atoms with Gasteiger partial charge < -0.3 is 20.7 Å². The molecular weight excluding hydrogens is 263 g/mol. The zero-order valence-electron chi connectivity index (χ0n) is 14.1. The Hall–Kier alpha value is -0.0951. The second kappa shape index (κ2) is 9.83. The van der Waals surface area contributed by atoms with Gasteiger partial charge in [-0.3, -0.25) is 0 Å². The highest BCUT2D eigenvalue weighted by Crippen LogP contribution is 2.24. The summed E-state index contributed by atoms with van der Waals surface area (Å²) >= 11 is 0. The summed E-state index contributed by atoms with van der Waals surface area (Å²) in [6.07, 6.45) is 10.9. The van der Waals surface area contributed by atoms with E-state index in [1.54, 1.807) is 0 Å². The fourth-order valence-electron chi connectivity index (χ4n) is 3.34. The second-order valence-electron chi connectivity index (χ2n) is 7.10. The molecule has 124 valence electrons. The quantitative estimate of drug-likeness (QED) is 0.405. The minimum atomic E-state index is -1.17. The van der Waals surface area contributed by atoms with Gasteiger partial charge in [-0.2, -0.15) is 0 Å². The molecule has 0 aromatic rings. The summed E-state index contributed by atoms with van der Waals surface area (Å²) in [5, 5.41) is 17.7. The summed E-state index contributed by atoms with van der Waals surface area (Å²) in [7, 11) is -1.17. The molecular formula is C16H35BN2O2. The first-order chi connectivity index (χ1) is 9.94. The molecule has 0 saturated carbocycles. The SMILES string of the molecule is CCCCC1CCCN1CCC(C)(N)CCCCB(O)O. The van der Waals surface area contributed by atoms with Crippen LogP contribution >= 0.6 is 0 Å². The monoisotopic (exact) mass is 298 g/mol. The number of unbranched alkanes of at least 4 members (excludes halogenated alkanes) is 2. The van der Waals surface area contributed by atoms with Gasteiger partial charge in [0.25, 0.3) is 0 Å². The van der Waals surface area contributed by atoms with Crippen molar-refractivity contribution < 1.29 is 10.0 Å². The van der Waals surface area contributed by atoms with Crippen LogP contribution in [0, 0.1) is 0 Å². The average molecular weight is 298 g/mol. The van der Waals surface area contributed by atoms with Gasteiger partial charge in [0.05, 0.1) is 0 Å². The average Bonchev–Trinajstić information content (AvgIpc) is 2.86. The molecule has 0 radical (unpaired) electrons. The third kappa shape index (κ3) is 8.19. The van der Waals surface area contributed by atoms with Crippen molar-refractivity contribution in [2.24, 2.45) is 5.73 Å². The maximum absolute atomic E-state index is 8.85. The first-order valence-electron chi connectivity index (χ1n) is 8.83. The van der Waals surface area contributed by atoms with Crippen molar-refractivity contribution in [1.29, 1.82) is 0 Å². The summed E-state index contributed by atoms with van der Waals surface area (Å²) < 4.78 is 0. The molecule has 0 aromatic carbocycles. The first-order valence-corrected chi connectivity index (χ1v) is 8.83. The van der Waals surface area contributed by atoms with Gasteiger partial charge in [0, 0.05) is 18.1 Å². The molecule has 0 amide bonds. The normalized spacial score (nSPS) is 22.4. The van der Waals surface area contributed by atoms with Gasteiger partial charge in [0.1, 0.15) is 0 Å². The van der Waals surface area contributed by atoms with Gasteiger partial charge in [-0.1, -0.05) is 32.6 Å². The van der Waals surface area contributed by atoms with Gasteiger partial charge in [0.2, 0.25) is 0 Å². The topological polar surface area (TPSA) is 69.7 Å². The van der Waals surface area contributed by atoms with Crippen LogP contribution < -0.4 is 5.73 Å². The summed E-state index contributed by atoms with van der Waals surface area (Å²) in [5.74, 6) is 0. The molecule has 1 heterocycles. The zero-order chi connectivity index (χ0) is 15.7. The number of likely N-dealkylation sites (tertiary alicyclic amines) is 1. The van der Waals surface area contributed by atoms with Crippen LogP contribution in [0.5, 0.6) is 0 Å². The lowest BCUT2D eigenvalue weighted by atomic mass is 9.82. The van der Waals surface area contributed by atoms with E-state index >= 15 is 0 Å². The number of nitrogens with two attached hydrogens (primary N) is 1. The van der Waals surface area contributed by atoms with Crippen LogP contribution in [0.15, 0.2) is 0 Å². The van der Waals surface area contributed by atoms with Crippen LogP contribution in [0.1, 0.15) is 71.6 Å². The highest BCUT2D eigenvalue weighted by molar-refractivity contribution is 6.40. The third-order valence-electron chi connectivity index (χ3n) is 4.82. The molecule has 21 heavy (non-hydrogen) atoms. The molecule has 4 nitrogen and oxygen atoms in total. The van der Waals surface area contributed by atoms with E-state index in [1.165, 1.54) is 38.6 Å². The zero-order valence-corrected chi connectivity index (χ0v) is 14.1. The molecule has 0 aliphatic carbocycles.